The third-order valence-corrected chi connectivity index (χ3v) is 12.4. The third kappa shape index (κ3) is 9.59. The first kappa shape index (κ1) is 45.0. The van der Waals surface area contributed by atoms with Crippen molar-refractivity contribution >= 4 is 111 Å². The molecule has 6 N–H and O–H groups in total. The summed E-state index contributed by atoms with van der Waals surface area (Å²) in [5.74, 6) is -2.40. The van der Waals surface area contributed by atoms with Gasteiger partial charge in [-0.05, 0) is 107 Å². The van der Waals surface area contributed by atoms with Crippen molar-refractivity contribution in [3.05, 3.63) is 167 Å². The van der Waals surface area contributed by atoms with E-state index in [9.17, 15) is 45.7 Å². The Morgan fingerprint density at radius 3 is 1.18 bits per heavy atom. The fraction of sp³-hybridized carbons (Fsp3) is 0. The largest absolute Gasteiger partial charge is 0.505 e. The molecule has 8 aromatic rings. The predicted molar refractivity (Wildman–Crippen MR) is 250 cm³/mol. The molecule has 0 radical (unpaired) electrons. The van der Waals surface area contributed by atoms with E-state index in [2.05, 4.69) is 31.1 Å². The lowest BCUT2D eigenvalue weighted by Gasteiger charge is -2.14. The molecule has 0 atom stereocenters. The molecular weight excluding hydrogens is 932 g/mol. The maximum absolute atomic E-state index is 13.7. The number of nitrogens with zero attached hydrogens (tertiary/aromatic N) is 4. The number of azo groups is 2. The summed E-state index contributed by atoms with van der Waals surface area (Å²) in [4.78, 5) is 26.7. The van der Waals surface area contributed by atoms with E-state index in [1.807, 2.05) is 0 Å². The molecule has 66 heavy (non-hydrogen) atoms. The molecular formula is C46H30Cl2N6O10S2. The van der Waals surface area contributed by atoms with Crippen molar-refractivity contribution < 1.29 is 45.7 Å². The number of hydrogen-bond acceptors (Lipinski definition) is 12. The molecule has 0 aliphatic carbocycles. The second kappa shape index (κ2) is 18.1. The zero-order valence-corrected chi connectivity index (χ0v) is 36.6. The molecule has 0 aliphatic heterocycles. The van der Waals surface area contributed by atoms with Gasteiger partial charge in [-0.3, -0.25) is 18.7 Å². The molecule has 0 unspecified atom stereocenters. The Hall–Kier alpha value is -7.58. The van der Waals surface area contributed by atoms with Gasteiger partial charge >= 0.3 is 0 Å². The van der Waals surface area contributed by atoms with E-state index in [0.29, 0.717) is 32.7 Å². The summed E-state index contributed by atoms with van der Waals surface area (Å²) in [6.45, 7) is 0. The average Bonchev–Trinajstić information content (AvgIpc) is 3.29. The number of phenols is 2. The Bertz CT molecular complexity index is 3340. The predicted octanol–water partition coefficient (Wildman–Crippen LogP) is 12.2. The highest BCUT2D eigenvalue weighted by Gasteiger charge is 2.22. The van der Waals surface area contributed by atoms with Gasteiger partial charge in [0.15, 0.2) is 11.5 Å². The minimum atomic E-state index is -4.42. The molecule has 20 heteroatoms. The first-order chi connectivity index (χ1) is 31.4. The maximum Gasteiger partial charge on any atom is 0.294 e. The Morgan fingerprint density at radius 1 is 0.470 bits per heavy atom. The summed E-state index contributed by atoms with van der Waals surface area (Å²) in [7, 11) is -8.85. The maximum atomic E-state index is 13.7. The smallest absolute Gasteiger partial charge is 0.294 e. The van der Waals surface area contributed by atoms with E-state index < -0.39 is 43.5 Å². The zero-order chi connectivity index (χ0) is 46.9. The highest BCUT2D eigenvalue weighted by atomic mass is 35.5. The van der Waals surface area contributed by atoms with Crippen LogP contribution in [-0.2, 0) is 20.2 Å². The van der Waals surface area contributed by atoms with Gasteiger partial charge in [0.25, 0.3) is 32.1 Å². The monoisotopic (exact) mass is 960 g/mol. The number of benzene rings is 8. The molecule has 2 amide bonds. The van der Waals surface area contributed by atoms with Crippen LogP contribution < -0.4 is 10.6 Å². The standard InChI is InChI=1S/C46H30Cl2N6O10S2/c47-37-23-25(9-19-39(37)49-45(57)35-21-27-5-1-3-7-33(27)41(43(35)55)53-51-29-11-15-31(16-12-29)65(59,60)61)26-10-20-40(38(48)24-26)50-46(58)36-22-28-6-2-4-8-34(28)42(44(36)56)54-52-30-13-17-32(18-14-30)66(62,63)64/h1-24,55-56H,(H,49,57)(H,50,58)(H,59,60,61)(H,62,63,64). The van der Waals surface area contributed by atoms with Crippen LogP contribution in [0, 0.1) is 0 Å². The first-order valence-electron chi connectivity index (χ1n) is 19.1. The van der Waals surface area contributed by atoms with E-state index in [0.717, 1.165) is 24.3 Å². The molecule has 16 nitrogen and oxygen atoms in total. The van der Waals surface area contributed by atoms with E-state index >= 15 is 0 Å². The van der Waals surface area contributed by atoms with Crippen LogP contribution in [0.5, 0.6) is 11.5 Å². The van der Waals surface area contributed by atoms with Gasteiger partial charge in [-0.15, -0.1) is 10.2 Å². The summed E-state index contributed by atoms with van der Waals surface area (Å²) in [5.41, 5.74) is 1.68. The minimum absolute atomic E-state index is 0.0258. The molecule has 0 heterocycles. The second-order valence-corrected chi connectivity index (χ2v) is 18.0. The normalized spacial score (nSPS) is 12.0. The van der Waals surface area contributed by atoms with Crippen LogP contribution in [0.15, 0.2) is 176 Å². The number of fused-ring (bicyclic) bond motifs is 2. The third-order valence-electron chi connectivity index (χ3n) is 10.0. The molecule has 0 fully saturated rings. The van der Waals surface area contributed by atoms with Crippen molar-refractivity contribution in [2.45, 2.75) is 9.79 Å². The number of aromatic hydroxyl groups is 2. The van der Waals surface area contributed by atoms with Gasteiger partial charge in [-0.2, -0.15) is 27.1 Å². The lowest BCUT2D eigenvalue weighted by Crippen LogP contribution is -2.13. The summed E-state index contributed by atoms with van der Waals surface area (Å²) in [6.07, 6.45) is 0. The average molecular weight is 962 g/mol. The van der Waals surface area contributed by atoms with Crippen molar-refractivity contribution in [3.63, 3.8) is 0 Å². The van der Waals surface area contributed by atoms with Gasteiger partial charge < -0.3 is 20.8 Å². The quantitative estimate of drug-likeness (QED) is 0.0528. The van der Waals surface area contributed by atoms with Gasteiger partial charge in [0.1, 0.15) is 11.4 Å². The molecule has 0 bridgehead atoms. The van der Waals surface area contributed by atoms with E-state index in [4.69, 9.17) is 23.2 Å². The van der Waals surface area contributed by atoms with Crippen molar-refractivity contribution in [1.82, 2.24) is 0 Å². The molecule has 8 aromatic carbocycles. The van der Waals surface area contributed by atoms with Crippen LogP contribution in [0.1, 0.15) is 20.7 Å². The van der Waals surface area contributed by atoms with Gasteiger partial charge in [-0.25, -0.2) is 0 Å². The molecule has 0 aliphatic rings. The fourth-order valence-electron chi connectivity index (χ4n) is 6.74. The van der Waals surface area contributed by atoms with Crippen LogP contribution >= 0.6 is 23.2 Å². The lowest BCUT2D eigenvalue weighted by atomic mass is 10.0. The summed E-state index contributed by atoms with van der Waals surface area (Å²) >= 11 is 13.3. The number of carbonyl (C=O) groups excluding carboxylic acids is 2. The molecule has 0 spiro atoms. The Labute approximate surface area is 385 Å². The lowest BCUT2D eigenvalue weighted by molar-refractivity contribution is 0.101. The Balaban J connectivity index is 0.998. The van der Waals surface area contributed by atoms with Crippen LogP contribution in [-0.4, -0.2) is 48.0 Å². The fourth-order valence-corrected chi connectivity index (χ4v) is 8.16. The highest BCUT2D eigenvalue weighted by molar-refractivity contribution is 7.86. The van der Waals surface area contributed by atoms with E-state index in [1.54, 1.807) is 84.9 Å². The van der Waals surface area contributed by atoms with Crippen molar-refractivity contribution in [2.75, 3.05) is 10.6 Å². The molecule has 0 saturated carbocycles. The number of halogens is 2. The summed E-state index contributed by atoms with van der Waals surface area (Å²) in [5, 5.41) is 46.9. The number of carbonyl (C=O) groups is 2. The topological polar surface area (TPSA) is 257 Å². The second-order valence-electron chi connectivity index (χ2n) is 14.3. The number of nitrogens with one attached hydrogen (secondary N) is 2. The van der Waals surface area contributed by atoms with Crippen LogP contribution in [0.2, 0.25) is 10.0 Å². The Morgan fingerprint density at radius 2 is 0.833 bits per heavy atom. The molecule has 0 saturated heterocycles. The number of amides is 2. The first-order valence-corrected chi connectivity index (χ1v) is 22.8. The van der Waals surface area contributed by atoms with Gasteiger partial charge in [0.2, 0.25) is 0 Å². The molecule has 0 aromatic heterocycles. The molecule has 8 rings (SSSR count). The highest BCUT2D eigenvalue weighted by Crippen LogP contribution is 2.42. The van der Waals surface area contributed by atoms with Crippen molar-refractivity contribution in [1.29, 1.82) is 0 Å². The summed E-state index contributed by atoms with van der Waals surface area (Å²) in [6, 6.07) is 36.1. The van der Waals surface area contributed by atoms with Crippen molar-refractivity contribution in [2.24, 2.45) is 20.5 Å². The van der Waals surface area contributed by atoms with Crippen LogP contribution in [0.25, 0.3) is 32.7 Å². The Kier molecular flexibility index (Phi) is 12.4. The summed E-state index contributed by atoms with van der Waals surface area (Å²) < 4.78 is 64.2. The SMILES string of the molecule is O=C(Nc1ccc(-c2ccc(NC(=O)c3cc4ccccc4c(N=Nc4ccc(S(=O)(=O)O)cc4)c3O)c(Cl)c2)cc1Cl)c1cc2ccccc2c(N=Nc2ccc(S(=O)(=O)O)cc2)c1O. The van der Waals surface area contributed by atoms with Crippen LogP contribution in [0.3, 0.4) is 0 Å². The number of rotatable bonds is 11. The van der Waals surface area contributed by atoms with E-state index in [1.165, 1.54) is 36.4 Å². The number of phenolic OH excluding ortho intramolecular Hbond substituents is 2. The van der Waals surface area contributed by atoms with Crippen molar-refractivity contribution in [3.8, 4) is 22.6 Å². The van der Waals surface area contributed by atoms with Gasteiger partial charge in [-0.1, -0.05) is 83.9 Å². The van der Waals surface area contributed by atoms with Crippen LogP contribution in [0.4, 0.5) is 34.1 Å². The van der Waals surface area contributed by atoms with Gasteiger partial charge in [0.05, 0.1) is 53.7 Å². The molecule has 330 valence electrons. The number of hydrogen-bond donors (Lipinski definition) is 6. The van der Waals surface area contributed by atoms with Gasteiger partial charge in [0, 0.05) is 10.8 Å². The number of anilines is 2. The zero-order valence-electron chi connectivity index (χ0n) is 33.5. The minimum Gasteiger partial charge on any atom is -0.505 e. The van der Waals surface area contributed by atoms with E-state index in [-0.39, 0.29) is 65.1 Å².